The second kappa shape index (κ2) is 12.0. The van der Waals surface area contributed by atoms with Crippen molar-refractivity contribution in [2.24, 2.45) is 5.73 Å². The molecule has 0 bridgehead atoms. The Hall–Kier alpha value is -3.78. The van der Waals surface area contributed by atoms with Crippen molar-refractivity contribution in [3.63, 3.8) is 0 Å². The second-order valence-electron chi connectivity index (χ2n) is 6.36. The quantitative estimate of drug-likeness (QED) is 0.324. The van der Waals surface area contributed by atoms with Crippen LogP contribution in [0.1, 0.15) is 28.4 Å². The van der Waals surface area contributed by atoms with Gasteiger partial charge in [0.05, 0.1) is 11.5 Å². The lowest BCUT2D eigenvalue weighted by Crippen LogP contribution is -2.10. The fourth-order valence-electron chi connectivity index (χ4n) is 2.63. The van der Waals surface area contributed by atoms with Gasteiger partial charge in [0.25, 0.3) is 5.69 Å². The molecule has 3 aromatic rings. The first kappa shape index (κ1) is 23.5. The summed E-state index contributed by atoms with van der Waals surface area (Å²) >= 11 is 0. The molecule has 31 heavy (non-hydrogen) atoms. The van der Waals surface area contributed by atoms with E-state index in [9.17, 15) is 19.3 Å². The number of nitrogens with zero attached hydrogens (tertiary/aromatic N) is 1. The molecule has 0 saturated carbocycles. The predicted molar refractivity (Wildman–Crippen MR) is 117 cm³/mol. The molecule has 0 radical (unpaired) electrons. The van der Waals surface area contributed by atoms with E-state index in [4.69, 9.17) is 10.5 Å². The largest absolute Gasteiger partial charge is 0.462 e. The number of hydrogen-bond acceptors (Lipinski definition) is 6. The van der Waals surface area contributed by atoms with Gasteiger partial charge >= 0.3 is 5.97 Å². The number of ether oxygens (including phenoxy) is 1. The Kier molecular flexibility index (Phi) is 9.13. The van der Waals surface area contributed by atoms with E-state index in [2.05, 4.69) is 5.32 Å². The first-order valence-electron chi connectivity index (χ1n) is 9.63. The van der Waals surface area contributed by atoms with Gasteiger partial charge in [-0.05, 0) is 18.1 Å². The molecule has 162 valence electrons. The Bertz CT molecular complexity index is 998. The number of rotatable bonds is 7. The zero-order chi connectivity index (χ0) is 22.6. The van der Waals surface area contributed by atoms with Crippen molar-refractivity contribution >= 4 is 17.3 Å². The third kappa shape index (κ3) is 7.20. The molecule has 8 heteroatoms. The van der Waals surface area contributed by atoms with Crippen molar-refractivity contribution in [2.45, 2.75) is 20.0 Å². The molecule has 0 aliphatic heterocycles. The molecule has 0 saturated heterocycles. The summed E-state index contributed by atoms with van der Waals surface area (Å²) in [5, 5.41) is 14.0. The summed E-state index contributed by atoms with van der Waals surface area (Å²) in [4.78, 5) is 22.1. The minimum Gasteiger partial charge on any atom is -0.462 e. The number of anilines is 1. The summed E-state index contributed by atoms with van der Waals surface area (Å²) in [6, 6.07) is 21.0. The van der Waals surface area contributed by atoms with Crippen LogP contribution in [0, 0.1) is 15.9 Å². The smallest absolute Gasteiger partial charge is 0.341 e. The fraction of sp³-hybridized carbons (Fsp3) is 0.174. The average molecular weight is 425 g/mol. The molecule has 0 unspecified atom stereocenters. The predicted octanol–water partition coefficient (Wildman–Crippen LogP) is 4.67. The number of benzene rings is 3. The summed E-state index contributed by atoms with van der Waals surface area (Å²) < 4.78 is 18.7. The van der Waals surface area contributed by atoms with E-state index in [0.29, 0.717) is 13.1 Å². The van der Waals surface area contributed by atoms with Gasteiger partial charge < -0.3 is 15.8 Å². The van der Waals surface area contributed by atoms with Gasteiger partial charge in [0.1, 0.15) is 17.1 Å². The molecule has 3 N–H and O–H groups in total. The second-order valence-corrected chi connectivity index (χ2v) is 6.36. The summed E-state index contributed by atoms with van der Waals surface area (Å²) in [5.74, 6) is -1.80. The lowest BCUT2D eigenvalue weighted by molar-refractivity contribution is -0.384. The van der Waals surface area contributed by atoms with Crippen molar-refractivity contribution in [1.82, 2.24) is 0 Å². The summed E-state index contributed by atoms with van der Waals surface area (Å²) in [6.45, 7) is 2.56. The number of nitrogens with one attached hydrogen (secondary N) is 1. The lowest BCUT2D eigenvalue weighted by Gasteiger charge is -2.10. The minimum absolute atomic E-state index is 0.00408. The highest BCUT2D eigenvalue weighted by molar-refractivity contribution is 5.91. The van der Waals surface area contributed by atoms with Crippen LogP contribution in [0.3, 0.4) is 0 Å². The Morgan fingerprint density at radius 2 is 1.65 bits per heavy atom. The molecule has 0 aliphatic carbocycles. The van der Waals surface area contributed by atoms with Gasteiger partial charge in [-0.1, -0.05) is 60.7 Å². The topological polar surface area (TPSA) is 107 Å². The Balaban J connectivity index is 0.000000357. The molecule has 0 aliphatic rings. The Morgan fingerprint density at radius 3 is 2.13 bits per heavy atom. The Morgan fingerprint density at radius 1 is 1.06 bits per heavy atom. The highest BCUT2D eigenvalue weighted by Gasteiger charge is 2.22. The van der Waals surface area contributed by atoms with Gasteiger partial charge in [0.15, 0.2) is 0 Å². The van der Waals surface area contributed by atoms with Crippen LogP contribution in [0.5, 0.6) is 0 Å². The molecule has 0 atom stereocenters. The van der Waals surface area contributed by atoms with E-state index < -0.39 is 22.3 Å². The van der Waals surface area contributed by atoms with Crippen molar-refractivity contribution in [2.75, 3.05) is 11.9 Å². The highest BCUT2D eigenvalue weighted by atomic mass is 19.1. The summed E-state index contributed by atoms with van der Waals surface area (Å²) in [5.41, 5.74) is 6.59. The third-order valence-corrected chi connectivity index (χ3v) is 4.18. The van der Waals surface area contributed by atoms with Crippen molar-refractivity contribution < 1.29 is 18.8 Å². The maximum Gasteiger partial charge on any atom is 0.341 e. The zero-order valence-corrected chi connectivity index (χ0v) is 17.1. The normalized spacial score (nSPS) is 9.90. The Labute approximate surface area is 179 Å². The van der Waals surface area contributed by atoms with Crippen molar-refractivity contribution in [3.8, 4) is 0 Å². The highest BCUT2D eigenvalue weighted by Crippen LogP contribution is 2.28. The van der Waals surface area contributed by atoms with E-state index in [1.54, 1.807) is 6.92 Å². The van der Waals surface area contributed by atoms with Crippen LogP contribution < -0.4 is 11.1 Å². The van der Waals surface area contributed by atoms with Gasteiger partial charge in [0, 0.05) is 25.2 Å². The summed E-state index contributed by atoms with van der Waals surface area (Å²) in [7, 11) is 0. The number of hydrogen-bond donors (Lipinski definition) is 2. The molecule has 0 fully saturated rings. The molecule has 0 amide bonds. The maximum absolute atomic E-state index is 14.0. The molecule has 0 aromatic heterocycles. The van der Waals surface area contributed by atoms with Gasteiger partial charge in [-0.25, -0.2) is 9.18 Å². The number of nitro groups is 1. The molecular weight excluding hydrogens is 401 g/mol. The number of carbonyl (C=O) groups excluding carboxylic acids is 1. The van der Waals surface area contributed by atoms with E-state index in [1.165, 1.54) is 5.56 Å². The molecule has 7 nitrogen and oxygen atoms in total. The average Bonchev–Trinajstić information content (AvgIpc) is 2.79. The standard InChI is InChI=1S/C16H15FN2O4.C7H9N/c1-2-23-16(20)12-8-15(19(21)22)14(9-13(12)17)18-10-11-6-4-3-5-7-11;8-6-7-4-2-1-3-5-7/h3-9,18H,2,10H2,1H3;1-5H,6,8H2. The van der Waals surface area contributed by atoms with E-state index >= 15 is 0 Å². The van der Waals surface area contributed by atoms with Gasteiger partial charge in [-0.2, -0.15) is 0 Å². The molecule has 0 heterocycles. The SMILES string of the molecule is CCOC(=O)c1cc([N+](=O)[O-])c(NCc2ccccc2)cc1F.NCc1ccccc1. The molecule has 3 aromatic carbocycles. The molecule has 3 rings (SSSR count). The van der Waals surface area contributed by atoms with E-state index in [-0.39, 0.29) is 18.0 Å². The number of nitrogens with two attached hydrogens (primary N) is 1. The van der Waals surface area contributed by atoms with Crippen LogP contribution in [-0.4, -0.2) is 17.5 Å². The monoisotopic (exact) mass is 425 g/mol. The maximum atomic E-state index is 14.0. The van der Waals surface area contributed by atoms with Crippen LogP contribution in [0.25, 0.3) is 0 Å². The first-order valence-corrected chi connectivity index (χ1v) is 9.63. The van der Waals surface area contributed by atoms with Gasteiger partial charge in [0.2, 0.25) is 0 Å². The molecular formula is C23H24FN3O4. The van der Waals surface area contributed by atoms with Gasteiger partial charge in [-0.15, -0.1) is 0 Å². The van der Waals surface area contributed by atoms with E-state index in [1.807, 2.05) is 60.7 Å². The number of esters is 1. The van der Waals surface area contributed by atoms with Crippen molar-refractivity contribution in [1.29, 1.82) is 0 Å². The first-order chi connectivity index (χ1) is 15.0. The van der Waals surface area contributed by atoms with Crippen LogP contribution in [-0.2, 0) is 17.8 Å². The molecule has 0 spiro atoms. The van der Waals surface area contributed by atoms with Crippen LogP contribution in [0.2, 0.25) is 0 Å². The fourth-order valence-corrected chi connectivity index (χ4v) is 2.63. The van der Waals surface area contributed by atoms with Crippen LogP contribution in [0.4, 0.5) is 15.8 Å². The number of nitro benzene ring substituents is 1. The summed E-state index contributed by atoms with van der Waals surface area (Å²) in [6.07, 6.45) is 0. The number of halogens is 1. The van der Waals surface area contributed by atoms with Crippen LogP contribution in [0.15, 0.2) is 72.8 Å². The number of carbonyl (C=O) groups is 1. The minimum atomic E-state index is -0.928. The van der Waals surface area contributed by atoms with Crippen LogP contribution >= 0.6 is 0 Å². The van der Waals surface area contributed by atoms with Crippen molar-refractivity contribution in [3.05, 3.63) is 105 Å². The lowest BCUT2D eigenvalue weighted by atomic mass is 10.1. The van der Waals surface area contributed by atoms with Gasteiger partial charge in [-0.3, -0.25) is 10.1 Å². The van der Waals surface area contributed by atoms with E-state index in [0.717, 1.165) is 17.7 Å². The zero-order valence-electron chi connectivity index (χ0n) is 17.1. The third-order valence-electron chi connectivity index (χ3n) is 4.18.